The van der Waals surface area contributed by atoms with Crippen molar-refractivity contribution in [3.8, 4) is 27.0 Å². The van der Waals surface area contributed by atoms with Gasteiger partial charge in [-0.05, 0) is 105 Å². The molecule has 0 saturated carbocycles. The lowest BCUT2D eigenvalue weighted by molar-refractivity contribution is -0.0390. The van der Waals surface area contributed by atoms with E-state index in [0.717, 1.165) is 45.2 Å². The summed E-state index contributed by atoms with van der Waals surface area (Å²) in [6.45, 7) is 0.535. The maximum Gasteiger partial charge on any atom is 0.187 e. The van der Waals surface area contributed by atoms with Crippen LogP contribution in [0.15, 0.2) is 152 Å². The fraction of sp³-hybridized carbons (Fsp3) is 0.125. The van der Waals surface area contributed by atoms with E-state index >= 15 is 0 Å². The first kappa shape index (κ1) is 32.9. The van der Waals surface area contributed by atoms with Crippen LogP contribution < -0.4 is 14.2 Å². The summed E-state index contributed by atoms with van der Waals surface area (Å²) in [4.78, 5) is 4.65. The molecule has 4 heterocycles. The molecule has 0 spiro atoms. The van der Waals surface area contributed by atoms with Crippen molar-refractivity contribution in [2.24, 2.45) is 0 Å². The van der Waals surface area contributed by atoms with Gasteiger partial charge in [-0.15, -0.1) is 22.7 Å². The van der Waals surface area contributed by atoms with E-state index in [1.54, 1.807) is 36.9 Å². The van der Waals surface area contributed by atoms with Gasteiger partial charge in [0.25, 0.3) is 0 Å². The third-order valence-corrected chi connectivity index (χ3v) is 13.6. The van der Waals surface area contributed by atoms with Gasteiger partial charge in [0.1, 0.15) is 22.8 Å². The van der Waals surface area contributed by atoms with E-state index in [2.05, 4.69) is 133 Å². The standard InChI is InChI=1S/C48H36O4S2/c1-49-36-18-14-34(15-19-36)47(28-27-40-38-9-5-3-8-32(38)13-22-42(40)52-47)45-25-23-43(53-45)44-24-26-46(54-44)48(35-16-20-37(50-2)21-17-35)29-41-33(30-51-48)12-11-31-7-4-6-10-39(31)41/h3-28H,29-30H2,1-2H3. The Morgan fingerprint density at radius 3 is 1.91 bits per heavy atom. The summed E-state index contributed by atoms with van der Waals surface area (Å²) in [7, 11) is 3.40. The monoisotopic (exact) mass is 740 g/mol. The van der Waals surface area contributed by atoms with Gasteiger partial charge in [0.2, 0.25) is 0 Å². The zero-order valence-electron chi connectivity index (χ0n) is 29.9. The number of hydrogen-bond acceptors (Lipinski definition) is 6. The Hall–Kier alpha value is -5.66. The van der Waals surface area contributed by atoms with E-state index < -0.39 is 11.2 Å². The van der Waals surface area contributed by atoms with Crippen molar-refractivity contribution < 1.29 is 18.9 Å². The smallest absolute Gasteiger partial charge is 0.187 e. The Kier molecular flexibility index (Phi) is 7.95. The lowest BCUT2D eigenvalue weighted by atomic mass is 9.80. The molecular formula is C48H36O4S2. The summed E-state index contributed by atoms with van der Waals surface area (Å²) in [6, 6.07) is 51.4. The molecule has 8 aromatic rings. The van der Waals surface area contributed by atoms with Crippen LogP contribution in [0.1, 0.15) is 37.6 Å². The van der Waals surface area contributed by atoms with Crippen LogP contribution in [0.25, 0.3) is 37.4 Å². The fourth-order valence-electron chi connectivity index (χ4n) is 8.14. The molecule has 0 amide bonds. The van der Waals surface area contributed by atoms with Crippen LogP contribution in [-0.2, 0) is 29.0 Å². The highest BCUT2D eigenvalue weighted by atomic mass is 32.1. The molecule has 54 heavy (non-hydrogen) atoms. The minimum atomic E-state index is -0.813. The molecule has 2 aliphatic heterocycles. The van der Waals surface area contributed by atoms with Crippen LogP contribution in [0.5, 0.6) is 17.2 Å². The molecule has 2 atom stereocenters. The maximum absolute atomic E-state index is 7.14. The van der Waals surface area contributed by atoms with Crippen molar-refractivity contribution in [2.45, 2.75) is 24.2 Å². The van der Waals surface area contributed by atoms with Gasteiger partial charge in [0.05, 0.1) is 25.7 Å². The number of thiophene rings is 2. The average molecular weight is 741 g/mol. The molecule has 6 heteroatoms. The molecule has 2 aliphatic rings. The fourth-order valence-corrected chi connectivity index (χ4v) is 10.5. The Morgan fingerprint density at radius 2 is 1.19 bits per heavy atom. The molecule has 0 N–H and O–H groups in total. The summed E-state index contributed by atoms with van der Waals surface area (Å²) in [5, 5.41) is 4.91. The van der Waals surface area contributed by atoms with Crippen molar-refractivity contribution in [3.63, 3.8) is 0 Å². The lowest BCUT2D eigenvalue weighted by Gasteiger charge is -2.39. The van der Waals surface area contributed by atoms with Crippen LogP contribution in [0.3, 0.4) is 0 Å². The molecule has 0 fully saturated rings. The van der Waals surface area contributed by atoms with Gasteiger partial charge in [-0.1, -0.05) is 91.0 Å². The van der Waals surface area contributed by atoms with Crippen molar-refractivity contribution in [1.82, 2.24) is 0 Å². The molecule has 2 aromatic heterocycles. The van der Waals surface area contributed by atoms with E-state index in [1.807, 2.05) is 24.3 Å². The molecule has 0 saturated heterocycles. The zero-order chi connectivity index (χ0) is 36.3. The van der Waals surface area contributed by atoms with Crippen LogP contribution in [0.2, 0.25) is 0 Å². The largest absolute Gasteiger partial charge is 0.497 e. The second-order valence-corrected chi connectivity index (χ2v) is 16.0. The van der Waals surface area contributed by atoms with Crippen molar-refractivity contribution >= 4 is 50.3 Å². The maximum atomic E-state index is 7.14. The lowest BCUT2D eigenvalue weighted by Crippen LogP contribution is -2.36. The summed E-state index contributed by atoms with van der Waals surface area (Å²) in [6.07, 6.45) is 5.18. The Morgan fingerprint density at radius 1 is 0.574 bits per heavy atom. The number of ether oxygens (including phenoxy) is 4. The van der Waals surface area contributed by atoms with E-state index in [1.165, 1.54) is 47.3 Å². The van der Waals surface area contributed by atoms with Gasteiger partial charge in [-0.3, -0.25) is 0 Å². The Balaban J connectivity index is 1.07. The molecule has 10 rings (SSSR count). The second-order valence-electron chi connectivity index (χ2n) is 13.9. The van der Waals surface area contributed by atoms with Gasteiger partial charge >= 0.3 is 0 Å². The minimum absolute atomic E-state index is 0.535. The van der Waals surface area contributed by atoms with Crippen LogP contribution in [-0.4, -0.2) is 14.2 Å². The molecule has 6 aromatic carbocycles. The summed E-state index contributed by atoms with van der Waals surface area (Å²) < 4.78 is 25.3. The Labute approximate surface area is 322 Å². The zero-order valence-corrected chi connectivity index (χ0v) is 31.5. The first-order chi connectivity index (χ1) is 26.6. The van der Waals surface area contributed by atoms with Gasteiger partial charge < -0.3 is 18.9 Å². The minimum Gasteiger partial charge on any atom is -0.497 e. The molecule has 2 unspecified atom stereocenters. The summed E-state index contributed by atoms with van der Waals surface area (Å²) >= 11 is 3.57. The third kappa shape index (κ3) is 5.28. The van der Waals surface area contributed by atoms with E-state index in [0.29, 0.717) is 6.61 Å². The number of rotatable bonds is 7. The highest BCUT2D eigenvalue weighted by Crippen LogP contribution is 2.51. The summed E-state index contributed by atoms with van der Waals surface area (Å²) in [5.74, 6) is 2.50. The van der Waals surface area contributed by atoms with E-state index in [9.17, 15) is 0 Å². The van der Waals surface area contributed by atoms with Gasteiger partial charge in [-0.2, -0.15) is 0 Å². The van der Waals surface area contributed by atoms with Crippen molar-refractivity contribution in [1.29, 1.82) is 0 Å². The predicted molar refractivity (Wildman–Crippen MR) is 221 cm³/mol. The van der Waals surface area contributed by atoms with Crippen molar-refractivity contribution in [2.75, 3.05) is 14.2 Å². The van der Waals surface area contributed by atoms with Crippen LogP contribution in [0, 0.1) is 0 Å². The van der Waals surface area contributed by atoms with Crippen molar-refractivity contribution in [3.05, 3.63) is 189 Å². The second kappa shape index (κ2) is 13.0. The topological polar surface area (TPSA) is 36.9 Å². The van der Waals surface area contributed by atoms with Crippen LogP contribution in [0.4, 0.5) is 0 Å². The van der Waals surface area contributed by atoms with Gasteiger partial charge in [-0.25, -0.2) is 0 Å². The number of hydrogen-bond donors (Lipinski definition) is 0. The van der Waals surface area contributed by atoms with Gasteiger partial charge in [0.15, 0.2) is 5.60 Å². The molecule has 4 nitrogen and oxygen atoms in total. The molecule has 0 radical (unpaired) electrons. The van der Waals surface area contributed by atoms with E-state index in [4.69, 9.17) is 18.9 Å². The predicted octanol–water partition coefficient (Wildman–Crippen LogP) is 12.2. The number of benzene rings is 6. The SMILES string of the molecule is COc1ccc(C2(c3ccc(-c4ccc(C5(c6ccc(OC)cc6)Cc6c(ccc7ccccc67)CO5)s4)s3)C=Cc3c(ccc4ccccc34)O2)cc1. The number of fused-ring (bicyclic) bond motifs is 6. The van der Waals surface area contributed by atoms with Gasteiger partial charge in [0, 0.05) is 32.2 Å². The first-order valence-corrected chi connectivity index (χ1v) is 19.7. The molecule has 264 valence electrons. The van der Waals surface area contributed by atoms with E-state index in [-0.39, 0.29) is 0 Å². The highest BCUT2D eigenvalue weighted by Gasteiger charge is 2.42. The first-order valence-electron chi connectivity index (χ1n) is 18.1. The summed E-state index contributed by atoms with van der Waals surface area (Å²) in [5.41, 5.74) is 4.38. The Bertz CT molecular complexity index is 2710. The van der Waals surface area contributed by atoms with Crippen LogP contribution >= 0.6 is 22.7 Å². The molecule has 0 bridgehead atoms. The normalized spacial score (nSPS) is 18.9. The highest BCUT2D eigenvalue weighted by molar-refractivity contribution is 7.22. The average Bonchev–Trinajstić information content (AvgIpc) is 3.95. The molecule has 0 aliphatic carbocycles. The third-order valence-electron chi connectivity index (χ3n) is 11.0. The quantitative estimate of drug-likeness (QED) is 0.163. The number of methoxy groups -OCH3 is 2. The molecular weight excluding hydrogens is 705 g/mol.